The van der Waals surface area contributed by atoms with Gasteiger partial charge in [-0.1, -0.05) is 0 Å². The molecule has 2 aromatic rings. The molecular formula is C12H13N3O3S. The number of aryl methyl sites for hydroxylation is 1. The Bertz CT molecular complexity index is 697. The molecule has 1 aromatic carbocycles. The van der Waals surface area contributed by atoms with E-state index in [9.17, 15) is 8.42 Å². The van der Waals surface area contributed by atoms with Crippen LogP contribution in [0.5, 0.6) is 11.5 Å². The van der Waals surface area contributed by atoms with Crippen molar-refractivity contribution < 1.29 is 13.2 Å². The van der Waals surface area contributed by atoms with Gasteiger partial charge in [-0.15, -0.1) is 0 Å². The first-order chi connectivity index (χ1) is 8.86. The smallest absolute Gasteiger partial charge is 0.241 e. The highest BCUT2D eigenvalue weighted by Gasteiger charge is 2.16. The Morgan fingerprint density at radius 1 is 1.21 bits per heavy atom. The third-order valence-electron chi connectivity index (χ3n) is 2.39. The third-order valence-corrected chi connectivity index (χ3v) is 3.32. The summed E-state index contributed by atoms with van der Waals surface area (Å²) in [6.07, 6.45) is 1.50. The van der Waals surface area contributed by atoms with Crippen molar-refractivity contribution in [2.75, 3.05) is 5.73 Å². The van der Waals surface area contributed by atoms with Crippen LogP contribution < -0.4 is 15.6 Å². The van der Waals surface area contributed by atoms with E-state index in [1.54, 1.807) is 12.1 Å². The van der Waals surface area contributed by atoms with E-state index in [-0.39, 0.29) is 10.6 Å². The van der Waals surface area contributed by atoms with E-state index in [1.165, 1.54) is 24.4 Å². The number of sulfonamides is 1. The number of pyridine rings is 1. The lowest BCUT2D eigenvalue weighted by Crippen LogP contribution is -2.13. The molecule has 1 aromatic heterocycles. The Hall–Kier alpha value is -2.12. The van der Waals surface area contributed by atoms with Crippen molar-refractivity contribution in [2.45, 2.75) is 11.8 Å². The average molecular weight is 279 g/mol. The number of aromatic nitrogens is 1. The van der Waals surface area contributed by atoms with Gasteiger partial charge in [0.1, 0.15) is 16.4 Å². The Morgan fingerprint density at radius 3 is 2.53 bits per heavy atom. The molecule has 2 rings (SSSR count). The molecule has 0 amide bonds. The van der Waals surface area contributed by atoms with Gasteiger partial charge in [-0.25, -0.2) is 13.6 Å². The summed E-state index contributed by atoms with van der Waals surface area (Å²) in [6.45, 7) is 1.84. The number of anilines is 1. The molecule has 4 N–H and O–H groups in total. The molecule has 0 aliphatic heterocycles. The predicted molar refractivity (Wildman–Crippen MR) is 71.3 cm³/mol. The van der Waals surface area contributed by atoms with Crippen LogP contribution in [0.4, 0.5) is 5.69 Å². The fourth-order valence-corrected chi connectivity index (χ4v) is 2.16. The van der Waals surface area contributed by atoms with Crippen molar-refractivity contribution in [1.29, 1.82) is 0 Å². The van der Waals surface area contributed by atoms with Crippen molar-refractivity contribution >= 4 is 15.7 Å². The summed E-state index contributed by atoms with van der Waals surface area (Å²) in [5.74, 6) is 0.530. The number of ether oxygens (including phenoxy) is 1. The lowest BCUT2D eigenvalue weighted by molar-refractivity contribution is 0.465. The maximum Gasteiger partial charge on any atom is 0.241 e. The lowest BCUT2D eigenvalue weighted by atomic mass is 10.3. The highest BCUT2D eigenvalue weighted by atomic mass is 32.2. The summed E-state index contributed by atoms with van der Waals surface area (Å²) < 4.78 is 28.4. The first-order valence-corrected chi connectivity index (χ1v) is 6.94. The number of rotatable bonds is 3. The maximum absolute atomic E-state index is 11.5. The number of nitrogens with two attached hydrogens (primary N) is 2. The van der Waals surface area contributed by atoms with E-state index in [0.717, 1.165) is 5.69 Å². The van der Waals surface area contributed by atoms with E-state index in [2.05, 4.69) is 4.98 Å². The second-order valence-corrected chi connectivity index (χ2v) is 5.52. The van der Waals surface area contributed by atoms with Crippen LogP contribution >= 0.6 is 0 Å². The molecule has 100 valence electrons. The molecule has 0 saturated heterocycles. The zero-order valence-electron chi connectivity index (χ0n) is 10.2. The molecule has 0 aliphatic carbocycles. The van der Waals surface area contributed by atoms with Gasteiger partial charge < -0.3 is 10.5 Å². The van der Waals surface area contributed by atoms with Crippen molar-refractivity contribution in [3.8, 4) is 11.5 Å². The van der Waals surface area contributed by atoms with Crippen LogP contribution in [0.2, 0.25) is 0 Å². The van der Waals surface area contributed by atoms with E-state index >= 15 is 0 Å². The molecule has 0 spiro atoms. The zero-order valence-corrected chi connectivity index (χ0v) is 11.0. The van der Waals surface area contributed by atoms with Crippen molar-refractivity contribution in [3.05, 3.63) is 42.2 Å². The predicted octanol–water partition coefficient (Wildman–Crippen LogP) is 1.41. The van der Waals surface area contributed by atoms with Gasteiger partial charge in [0.25, 0.3) is 0 Å². The van der Waals surface area contributed by atoms with Crippen LogP contribution in [0.1, 0.15) is 5.69 Å². The summed E-state index contributed by atoms with van der Waals surface area (Å²) in [5, 5.41) is 5.13. The molecule has 1 heterocycles. The van der Waals surface area contributed by atoms with Crippen LogP contribution in [-0.4, -0.2) is 13.4 Å². The fourth-order valence-electron chi connectivity index (χ4n) is 1.47. The molecule has 7 heteroatoms. The Labute approximate surface area is 111 Å². The SMILES string of the molecule is Cc1ccc(Oc2ccc(N)cc2S(N)(=O)=O)cn1. The molecule has 0 radical (unpaired) electrons. The van der Waals surface area contributed by atoms with Gasteiger partial charge in [-0.05, 0) is 37.3 Å². The van der Waals surface area contributed by atoms with Crippen LogP contribution in [0, 0.1) is 6.92 Å². The number of hydrogen-bond acceptors (Lipinski definition) is 5. The molecule has 0 atom stereocenters. The van der Waals surface area contributed by atoms with Crippen molar-refractivity contribution in [2.24, 2.45) is 5.14 Å². The molecule has 19 heavy (non-hydrogen) atoms. The van der Waals surface area contributed by atoms with E-state index in [4.69, 9.17) is 15.6 Å². The molecular weight excluding hydrogens is 266 g/mol. The second-order valence-electron chi connectivity index (χ2n) is 3.99. The zero-order chi connectivity index (χ0) is 14.0. The highest BCUT2D eigenvalue weighted by molar-refractivity contribution is 7.89. The lowest BCUT2D eigenvalue weighted by Gasteiger charge is -2.10. The van der Waals surface area contributed by atoms with Gasteiger partial charge in [-0.2, -0.15) is 0 Å². The second kappa shape index (κ2) is 4.87. The van der Waals surface area contributed by atoms with Crippen LogP contribution in [0.3, 0.4) is 0 Å². The van der Waals surface area contributed by atoms with Crippen LogP contribution in [0.25, 0.3) is 0 Å². The number of nitrogens with zero attached hydrogens (tertiary/aromatic N) is 1. The molecule has 6 nitrogen and oxygen atoms in total. The van der Waals surface area contributed by atoms with Crippen molar-refractivity contribution in [3.63, 3.8) is 0 Å². The quantitative estimate of drug-likeness (QED) is 0.826. The van der Waals surface area contributed by atoms with E-state index in [0.29, 0.717) is 11.4 Å². The van der Waals surface area contributed by atoms with E-state index in [1.807, 2.05) is 6.92 Å². The number of primary sulfonamides is 1. The summed E-state index contributed by atoms with van der Waals surface area (Å²) in [6, 6.07) is 7.68. The number of benzene rings is 1. The molecule has 0 unspecified atom stereocenters. The maximum atomic E-state index is 11.5. The van der Waals surface area contributed by atoms with Crippen molar-refractivity contribution in [1.82, 2.24) is 4.98 Å². The minimum absolute atomic E-state index is 0.113. The Morgan fingerprint density at radius 2 is 1.95 bits per heavy atom. The molecule has 0 fully saturated rings. The first kappa shape index (κ1) is 13.3. The standard InChI is InChI=1S/C12H13N3O3S/c1-8-2-4-10(7-15-8)18-11-5-3-9(13)6-12(11)19(14,16)17/h2-7H,13H2,1H3,(H2,14,16,17). The van der Waals surface area contributed by atoms with Gasteiger partial charge in [-0.3, -0.25) is 4.98 Å². The average Bonchev–Trinajstić information content (AvgIpc) is 2.33. The minimum Gasteiger partial charge on any atom is -0.454 e. The van der Waals surface area contributed by atoms with E-state index < -0.39 is 10.0 Å². The summed E-state index contributed by atoms with van der Waals surface area (Å²) in [7, 11) is -3.91. The summed E-state index contributed by atoms with van der Waals surface area (Å²) >= 11 is 0. The third kappa shape index (κ3) is 3.21. The molecule has 0 bridgehead atoms. The Kier molecular flexibility index (Phi) is 3.41. The fraction of sp³-hybridized carbons (Fsp3) is 0.0833. The largest absolute Gasteiger partial charge is 0.454 e. The summed E-state index contributed by atoms with van der Waals surface area (Å²) in [5.41, 5.74) is 6.67. The molecule has 0 aliphatic rings. The van der Waals surface area contributed by atoms with Gasteiger partial charge in [0.15, 0.2) is 0 Å². The van der Waals surface area contributed by atoms with Gasteiger partial charge in [0, 0.05) is 11.4 Å². The van der Waals surface area contributed by atoms with Crippen LogP contribution in [-0.2, 0) is 10.0 Å². The monoisotopic (exact) mass is 279 g/mol. The summed E-state index contributed by atoms with van der Waals surface area (Å²) in [4.78, 5) is 3.90. The normalized spacial score (nSPS) is 11.3. The topological polar surface area (TPSA) is 108 Å². The minimum atomic E-state index is -3.91. The van der Waals surface area contributed by atoms with Gasteiger partial charge >= 0.3 is 0 Å². The van der Waals surface area contributed by atoms with Crippen LogP contribution in [0.15, 0.2) is 41.4 Å². The number of hydrogen-bond donors (Lipinski definition) is 2. The molecule has 0 saturated carbocycles. The number of nitrogen functional groups attached to an aromatic ring is 1. The Balaban J connectivity index is 2.43. The van der Waals surface area contributed by atoms with Gasteiger partial charge in [0.2, 0.25) is 10.0 Å². The highest BCUT2D eigenvalue weighted by Crippen LogP contribution is 2.29. The first-order valence-electron chi connectivity index (χ1n) is 5.39. The van der Waals surface area contributed by atoms with Gasteiger partial charge in [0.05, 0.1) is 6.20 Å².